The third-order valence-corrected chi connectivity index (χ3v) is 6.99. The Hall–Kier alpha value is -5.60. The second-order valence-corrected chi connectivity index (χ2v) is 9.46. The van der Waals surface area contributed by atoms with E-state index in [1.54, 1.807) is 25.2 Å². The van der Waals surface area contributed by atoms with Gasteiger partial charge in [0, 0.05) is 31.4 Å². The van der Waals surface area contributed by atoms with E-state index in [0.717, 1.165) is 21.3 Å². The molecule has 0 bridgehead atoms. The third-order valence-electron chi connectivity index (χ3n) is 6.99. The highest BCUT2D eigenvalue weighted by atomic mass is 19.1. The summed E-state index contributed by atoms with van der Waals surface area (Å²) in [5.41, 5.74) is 0.125. The smallest absolute Gasteiger partial charge is 0.338 e. The van der Waals surface area contributed by atoms with Crippen molar-refractivity contribution in [2.45, 2.75) is 13.1 Å². The SMILES string of the molecule is CNC(=O)Nc1ccc2c(c1)N(C)Cc1c3c(=O)n(-c4ccc(OC)nn4)c(=O)n(Cc4c(F)cccc4F)c3nn1-2. The molecule has 0 spiro atoms. The van der Waals surface area contributed by atoms with Crippen molar-refractivity contribution in [2.75, 3.05) is 31.4 Å². The van der Waals surface area contributed by atoms with Crippen LogP contribution < -0.4 is 31.5 Å². The van der Waals surface area contributed by atoms with E-state index in [1.807, 2.05) is 4.90 Å². The number of hydrogen-bond acceptors (Lipinski definition) is 8. The Morgan fingerprint density at radius 3 is 2.48 bits per heavy atom. The lowest BCUT2D eigenvalue weighted by atomic mass is 10.1. The van der Waals surface area contributed by atoms with E-state index in [-0.39, 0.29) is 34.8 Å². The molecule has 0 atom stereocenters. The first-order valence-electron chi connectivity index (χ1n) is 12.6. The number of nitrogens with zero attached hydrogens (tertiary/aromatic N) is 7. The normalized spacial score (nSPS) is 12.2. The van der Waals surface area contributed by atoms with E-state index in [4.69, 9.17) is 4.74 Å². The van der Waals surface area contributed by atoms with Gasteiger partial charge < -0.3 is 20.3 Å². The average molecular weight is 576 g/mol. The Morgan fingerprint density at radius 1 is 1.05 bits per heavy atom. The molecule has 2 N–H and O–H groups in total. The molecular formula is C27H23F2N9O4. The molecule has 0 saturated carbocycles. The first-order chi connectivity index (χ1) is 20.2. The summed E-state index contributed by atoms with van der Waals surface area (Å²) >= 11 is 0. The quantitative estimate of drug-likeness (QED) is 0.325. The first kappa shape index (κ1) is 26.6. The average Bonchev–Trinajstić information content (AvgIpc) is 3.36. The molecule has 13 nitrogen and oxygen atoms in total. The minimum Gasteiger partial charge on any atom is -0.480 e. The highest BCUT2D eigenvalue weighted by Gasteiger charge is 2.30. The number of aromatic nitrogens is 6. The zero-order valence-corrected chi connectivity index (χ0v) is 22.6. The van der Waals surface area contributed by atoms with Crippen LogP contribution in [-0.4, -0.2) is 56.3 Å². The lowest BCUT2D eigenvalue weighted by Crippen LogP contribution is -2.40. The number of benzene rings is 2. The molecule has 3 aromatic heterocycles. The van der Waals surface area contributed by atoms with Gasteiger partial charge in [0.25, 0.3) is 5.56 Å². The predicted molar refractivity (Wildman–Crippen MR) is 149 cm³/mol. The second-order valence-electron chi connectivity index (χ2n) is 9.46. The molecule has 214 valence electrons. The van der Waals surface area contributed by atoms with E-state index in [2.05, 4.69) is 25.9 Å². The summed E-state index contributed by atoms with van der Waals surface area (Å²) in [6.07, 6.45) is 0. The summed E-state index contributed by atoms with van der Waals surface area (Å²) in [5.74, 6) is -1.66. The predicted octanol–water partition coefficient (Wildman–Crippen LogP) is 2.16. The Morgan fingerprint density at radius 2 is 1.81 bits per heavy atom. The summed E-state index contributed by atoms with van der Waals surface area (Å²) < 4.78 is 37.9. The Balaban J connectivity index is 1.63. The number of amides is 2. The van der Waals surface area contributed by atoms with E-state index in [0.29, 0.717) is 22.8 Å². The molecule has 5 aromatic rings. The van der Waals surface area contributed by atoms with Gasteiger partial charge in [0.05, 0.1) is 37.3 Å². The monoisotopic (exact) mass is 575 g/mol. The molecule has 0 saturated heterocycles. The minimum atomic E-state index is -0.913. The summed E-state index contributed by atoms with van der Waals surface area (Å²) in [7, 11) is 4.68. The number of fused-ring (bicyclic) bond motifs is 5. The van der Waals surface area contributed by atoms with E-state index in [1.165, 1.54) is 37.0 Å². The Labute approximate surface area is 235 Å². The van der Waals surface area contributed by atoms with E-state index >= 15 is 0 Å². The van der Waals surface area contributed by atoms with Crippen LogP contribution in [0.3, 0.4) is 0 Å². The lowest BCUT2D eigenvalue weighted by molar-refractivity contribution is 0.254. The van der Waals surface area contributed by atoms with Crippen LogP contribution in [0.25, 0.3) is 22.5 Å². The van der Waals surface area contributed by atoms with Crippen LogP contribution >= 0.6 is 0 Å². The maximum absolute atomic E-state index is 14.8. The van der Waals surface area contributed by atoms with Gasteiger partial charge in [0.2, 0.25) is 5.88 Å². The van der Waals surface area contributed by atoms with Crippen molar-refractivity contribution in [3.8, 4) is 17.4 Å². The molecular weight excluding hydrogens is 552 g/mol. The van der Waals surface area contributed by atoms with Gasteiger partial charge in [-0.3, -0.25) is 9.36 Å². The molecule has 0 aliphatic carbocycles. The van der Waals surface area contributed by atoms with Crippen LogP contribution in [-0.2, 0) is 13.1 Å². The summed E-state index contributed by atoms with van der Waals surface area (Å²) in [6.45, 7) is -0.367. The Kier molecular flexibility index (Phi) is 6.40. The van der Waals surface area contributed by atoms with Gasteiger partial charge in [0.1, 0.15) is 17.0 Å². The van der Waals surface area contributed by atoms with Gasteiger partial charge in [-0.05, 0) is 36.4 Å². The highest BCUT2D eigenvalue weighted by molar-refractivity contribution is 5.91. The maximum Gasteiger partial charge on any atom is 0.338 e. The van der Waals surface area contributed by atoms with Crippen LogP contribution in [0.5, 0.6) is 5.88 Å². The lowest BCUT2D eigenvalue weighted by Gasteiger charge is -2.28. The second kappa shape index (κ2) is 10.1. The van der Waals surface area contributed by atoms with Gasteiger partial charge in [-0.15, -0.1) is 15.3 Å². The zero-order valence-electron chi connectivity index (χ0n) is 22.6. The number of methoxy groups -OCH3 is 1. The molecule has 1 aliphatic heterocycles. The fourth-order valence-electron chi connectivity index (χ4n) is 4.92. The number of carbonyl (C=O) groups is 1. The van der Waals surface area contributed by atoms with Crippen molar-refractivity contribution in [3.63, 3.8) is 0 Å². The van der Waals surface area contributed by atoms with Gasteiger partial charge >= 0.3 is 11.7 Å². The van der Waals surface area contributed by atoms with Crippen molar-refractivity contribution >= 4 is 28.4 Å². The fourth-order valence-corrected chi connectivity index (χ4v) is 4.92. The van der Waals surface area contributed by atoms with Gasteiger partial charge in [0.15, 0.2) is 11.5 Å². The maximum atomic E-state index is 14.8. The number of carbonyl (C=O) groups excluding carboxylic acids is 1. The van der Waals surface area contributed by atoms with E-state index in [9.17, 15) is 23.2 Å². The largest absolute Gasteiger partial charge is 0.480 e. The topological polar surface area (TPSA) is 141 Å². The molecule has 2 aromatic carbocycles. The molecule has 0 fully saturated rings. The van der Waals surface area contributed by atoms with E-state index < -0.39 is 35.5 Å². The number of ether oxygens (including phenoxy) is 1. The van der Waals surface area contributed by atoms with Crippen LogP contribution in [0.1, 0.15) is 11.3 Å². The molecule has 2 amide bonds. The summed E-state index contributed by atoms with van der Waals surface area (Å²) in [4.78, 5) is 41.5. The van der Waals surface area contributed by atoms with Crippen molar-refractivity contribution < 1.29 is 18.3 Å². The molecule has 15 heteroatoms. The summed E-state index contributed by atoms with van der Waals surface area (Å²) in [5, 5.41) is 17.7. The van der Waals surface area contributed by atoms with Crippen molar-refractivity contribution in [1.82, 2.24) is 34.4 Å². The molecule has 42 heavy (non-hydrogen) atoms. The number of rotatable bonds is 5. The number of halogens is 2. The molecule has 6 rings (SSSR count). The van der Waals surface area contributed by atoms with Crippen molar-refractivity contribution in [2.24, 2.45) is 0 Å². The standard InChI is InChI=1S/C27H23F2N9O4/c1-30-26(40)31-14-7-8-18-19(11-14)35(2)13-20-23-24(34-38(18)20)36(12-15-16(28)5-4-6-17(15)29)27(41)37(25(23)39)21-9-10-22(42-3)33-32-21/h4-11H,12-13H2,1-3H3,(H2,30,31,40). The molecule has 0 radical (unpaired) electrons. The molecule has 0 unspecified atom stereocenters. The number of urea groups is 1. The van der Waals surface area contributed by atoms with Crippen molar-refractivity contribution in [1.29, 1.82) is 0 Å². The number of nitrogens with one attached hydrogen (secondary N) is 2. The number of anilines is 2. The first-order valence-corrected chi connectivity index (χ1v) is 12.6. The van der Waals surface area contributed by atoms with Gasteiger partial charge in [-0.1, -0.05) is 6.07 Å². The highest BCUT2D eigenvalue weighted by Crippen LogP contribution is 2.35. The van der Waals surface area contributed by atoms with Gasteiger partial charge in [-0.25, -0.2) is 27.6 Å². The summed E-state index contributed by atoms with van der Waals surface area (Å²) in [6, 6.07) is 10.9. The number of hydrogen-bond donors (Lipinski definition) is 2. The van der Waals surface area contributed by atoms with Crippen LogP contribution in [0.4, 0.5) is 25.0 Å². The Bertz CT molecular complexity index is 1980. The van der Waals surface area contributed by atoms with Crippen LogP contribution in [0, 0.1) is 11.6 Å². The minimum absolute atomic E-state index is 0.0609. The third kappa shape index (κ3) is 4.22. The van der Waals surface area contributed by atoms with Crippen molar-refractivity contribution in [3.05, 3.63) is 92.3 Å². The van der Waals surface area contributed by atoms with Gasteiger partial charge in [-0.2, -0.15) is 0 Å². The molecule has 1 aliphatic rings. The fraction of sp³-hybridized carbons (Fsp3) is 0.185. The molecule has 4 heterocycles. The van der Waals surface area contributed by atoms with Crippen LogP contribution in [0.15, 0.2) is 58.1 Å². The van der Waals surface area contributed by atoms with Crippen LogP contribution in [0.2, 0.25) is 0 Å². The zero-order chi connectivity index (χ0) is 29.7.